The van der Waals surface area contributed by atoms with Crippen molar-refractivity contribution >= 4 is 23.4 Å². The second-order valence-corrected chi connectivity index (χ2v) is 5.85. The van der Waals surface area contributed by atoms with Gasteiger partial charge in [-0.2, -0.15) is 9.61 Å². The Labute approximate surface area is 130 Å². The number of thioether (sulfide) groups is 1. The molecule has 0 amide bonds. The summed E-state index contributed by atoms with van der Waals surface area (Å²) in [7, 11) is 1.37. The van der Waals surface area contributed by atoms with Crippen LogP contribution in [-0.4, -0.2) is 43.1 Å². The molecule has 7 nitrogen and oxygen atoms in total. The number of hydrogen-bond acceptors (Lipinski definition) is 7. The van der Waals surface area contributed by atoms with Crippen LogP contribution in [-0.2, 0) is 9.53 Å². The molecule has 0 aliphatic rings. The number of hydrogen-bond donors (Lipinski definition) is 0. The summed E-state index contributed by atoms with van der Waals surface area (Å²) in [6.45, 7) is 1.78. The Hall–Kier alpha value is -2.48. The number of nitrogens with zero attached hydrogens (tertiary/aromatic N) is 5. The van der Waals surface area contributed by atoms with Crippen LogP contribution in [0, 0.1) is 0 Å². The second kappa shape index (κ2) is 6.10. The van der Waals surface area contributed by atoms with E-state index in [9.17, 15) is 4.79 Å². The third-order valence-electron chi connectivity index (χ3n) is 3.01. The lowest BCUT2D eigenvalue weighted by molar-refractivity contribution is -0.139. The number of carbonyl (C=O) groups is 1. The van der Waals surface area contributed by atoms with E-state index in [4.69, 9.17) is 4.74 Å². The molecule has 112 valence electrons. The lowest BCUT2D eigenvalue weighted by Crippen LogP contribution is -2.15. The van der Waals surface area contributed by atoms with Gasteiger partial charge < -0.3 is 4.74 Å². The van der Waals surface area contributed by atoms with Crippen molar-refractivity contribution in [2.24, 2.45) is 0 Å². The zero-order chi connectivity index (χ0) is 15.5. The molecule has 0 aliphatic carbocycles. The molecule has 0 saturated heterocycles. The fourth-order valence-electron chi connectivity index (χ4n) is 1.91. The summed E-state index contributed by atoms with van der Waals surface area (Å²) in [5.41, 5.74) is 1.51. The highest BCUT2D eigenvalue weighted by Gasteiger charge is 2.17. The Kier molecular flexibility index (Phi) is 4.01. The van der Waals surface area contributed by atoms with E-state index >= 15 is 0 Å². The average Bonchev–Trinajstić information content (AvgIpc) is 2.98. The van der Waals surface area contributed by atoms with Crippen molar-refractivity contribution in [2.45, 2.75) is 17.2 Å². The molecule has 3 heterocycles. The van der Waals surface area contributed by atoms with Crippen LogP contribution in [0.4, 0.5) is 0 Å². The van der Waals surface area contributed by atoms with Gasteiger partial charge in [0.15, 0.2) is 11.5 Å². The fraction of sp³-hybridized carbons (Fsp3) is 0.214. The zero-order valence-corrected chi connectivity index (χ0v) is 12.8. The molecule has 0 saturated carbocycles. The van der Waals surface area contributed by atoms with Crippen molar-refractivity contribution in [3.8, 4) is 11.4 Å². The van der Waals surface area contributed by atoms with E-state index in [1.165, 1.54) is 18.9 Å². The lowest BCUT2D eigenvalue weighted by Gasteiger charge is -2.08. The normalized spacial score (nSPS) is 12.3. The lowest BCUT2D eigenvalue weighted by atomic mass is 10.2. The first-order valence-corrected chi connectivity index (χ1v) is 7.44. The summed E-state index contributed by atoms with van der Waals surface area (Å²) >= 11 is 1.32. The molecule has 8 heteroatoms. The van der Waals surface area contributed by atoms with Crippen LogP contribution in [0.5, 0.6) is 0 Å². The Morgan fingerprint density at radius 1 is 1.23 bits per heavy atom. The minimum atomic E-state index is -0.337. The van der Waals surface area contributed by atoms with Crippen LogP contribution in [0.15, 0.2) is 41.7 Å². The van der Waals surface area contributed by atoms with E-state index in [-0.39, 0.29) is 11.2 Å². The Morgan fingerprint density at radius 2 is 2.00 bits per heavy atom. The molecule has 0 bridgehead atoms. The zero-order valence-electron chi connectivity index (χ0n) is 12.0. The van der Waals surface area contributed by atoms with Crippen molar-refractivity contribution in [3.63, 3.8) is 0 Å². The molecule has 3 rings (SSSR count). The van der Waals surface area contributed by atoms with Gasteiger partial charge in [-0.05, 0) is 31.2 Å². The Morgan fingerprint density at radius 3 is 2.73 bits per heavy atom. The topological polar surface area (TPSA) is 82.3 Å². The van der Waals surface area contributed by atoms with Crippen molar-refractivity contribution in [1.82, 2.24) is 24.8 Å². The van der Waals surface area contributed by atoms with Gasteiger partial charge in [0.1, 0.15) is 10.3 Å². The van der Waals surface area contributed by atoms with Gasteiger partial charge in [0.25, 0.3) is 0 Å². The maximum absolute atomic E-state index is 11.5. The first-order chi connectivity index (χ1) is 10.7. The molecule has 0 spiro atoms. The first kappa shape index (κ1) is 14.5. The maximum atomic E-state index is 11.5. The molecule has 0 aromatic carbocycles. The molecule has 1 atom stereocenters. The van der Waals surface area contributed by atoms with E-state index in [0.29, 0.717) is 16.5 Å². The van der Waals surface area contributed by atoms with Crippen LogP contribution in [0.25, 0.3) is 17.0 Å². The van der Waals surface area contributed by atoms with E-state index in [1.54, 1.807) is 23.8 Å². The number of carbonyl (C=O) groups excluding carboxylic acids is 1. The predicted octanol–water partition coefficient (Wildman–Crippen LogP) is 1.84. The number of methoxy groups -OCH3 is 1. The molecule has 0 unspecified atom stereocenters. The number of rotatable bonds is 4. The molecule has 0 radical (unpaired) electrons. The minimum Gasteiger partial charge on any atom is -0.468 e. The van der Waals surface area contributed by atoms with Crippen molar-refractivity contribution in [1.29, 1.82) is 0 Å². The SMILES string of the molecule is COC(=O)[C@@H](C)Sc1ccc2nnc(-c3ccncc3)n2n1. The van der Waals surface area contributed by atoms with Gasteiger partial charge in [-0.3, -0.25) is 9.78 Å². The summed E-state index contributed by atoms with van der Waals surface area (Å²) in [5, 5.41) is 13.1. The van der Waals surface area contributed by atoms with Crippen molar-refractivity contribution in [3.05, 3.63) is 36.7 Å². The van der Waals surface area contributed by atoms with Gasteiger partial charge in [0.2, 0.25) is 0 Å². The van der Waals surface area contributed by atoms with E-state index in [2.05, 4.69) is 20.3 Å². The quantitative estimate of drug-likeness (QED) is 0.536. The molecule has 0 N–H and O–H groups in total. The number of pyridine rings is 1. The molecule has 3 aromatic rings. The summed E-state index contributed by atoms with van der Waals surface area (Å²) in [6, 6.07) is 7.31. The van der Waals surface area contributed by atoms with Crippen LogP contribution in [0.1, 0.15) is 6.92 Å². The smallest absolute Gasteiger partial charge is 0.318 e. The number of ether oxygens (including phenoxy) is 1. The van der Waals surface area contributed by atoms with E-state index in [0.717, 1.165) is 5.56 Å². The molecular weight excluding hydrogens is 302 g/mol. The Bertz CT molecular complexity index is 805. The summed E-state index contributed by atoms with van der Waals surface area (Å²) < 4.78 is 6.38. The number of fused-ring (bicyclic) bond motifs is 1. The second-order valence-electron chi connectivity index (χ2n) is 4.48. The van der Waals surface area contributed by atoms with Gasteiger partial charge in [0, 0.05) is 18.0 Å². The van der Waals surface area contributed by atoms with Gasteiger partial charge in [-0.25, -0.2) is 0 Å². The van der Waals surface area contributed by atoms with Gasteiger partial charge >= 0.3 is 5.97 Å². The van der Waals surface area contributed by atoms with Crippen LogP contribution >= 0.6 is 11.8 Å². The Balaban J connectivity index is 1.97. The third-order valence-corrected chi connectivity index (χ3v) is 4.01. The third kappa shape index (κ3) is 2.77. The largest absolute Gasteiger partial charge is 0.468 e. The molecular formula is C14H13N5O2S. The minimum absolute atomic E-state index is 0.287. The molecule has 22 heavy (non-hydrogen) atoms. The standard InChI is InChI=1S/C14H13N5O2S/c1-9(14(20)21-2)22-12-4-3-11-16-17-13(19(11)18-12)10-5-7-15-8-6-10/h3-9H,1-2H3/t9-/m1/s1. The highest BCUT2D eigenvalue weighted by molar-refractivity contribution is 8.00. The van der Waals surface area contributed by atoms with Gasteiger partial charge in [-0.15, -0.1) is 10.2 Å². The maximum Gasteiger partial charge on any atom is 0.318 e. The van der Waals surface area contributed by atoms with E-state index < -0.39 is 0 Å². The summed E-state index contributed by atoms with van der Waals surface area (Å²) in [6.07, 6.45) is 3.38. The first-order valence-electron chi connectivity index (χ1n) is 6.56. The summed E-state index contributed by atoms with van der Waals surface area (Å²) in [4.78, 5) is 15.5. The van der Waals surface area contributed by atoms with Crippen LogP contribution in [0.2, 0.25) is 0 Å². The number of aromatic nitrogens is 5. The van der Waals surface area contributed by atoms with Crippen LogP contribution in [0.3, 0.4) is 0 Å². The average molecular weight is 315 g/mol. The van der Waals surface area contributed by atoms with E-state index in [1.807, 2.05) is 24.3 Å². The monoisotopic (exact) mass is 315 g/mol. The number of esters is 1. The highest BCUT2D eigenvalue weighted by Crippen LogP contribution is 2.23. The molecule has 0 aliphatic heterocycles. The van der Waals surface area contributed by atoms with Gasteiger partial charge in [-0.1, -0.05) is 11.8 Å². The summed E-state index contributed by atoms with van der Waals surface area (Å²) in [5.74, 6) is 0.343. The van der Waals surface area contributed by atoms with Crippen molar-refractivity contribution < 1.29 is 9.53 Å². The molecule has 0 fully saturated rings. The van der Waals surface area contributed by atoms with Crippen molar-refractivity contribution in [2.75, 3.05) is 7.11 Å². The van der Waals surface area contributed by atoms with Gasteiger partial charge in [0.05, 0.1) is 7.11 Å². The highest BCUT2D eigenvalue weighted by atomic mass is 32.2. The van der Waals surface area contributed by atoms with Crippen LogP contribution < -0.4 is 0 Å². The fourth-order valence-corrected chi connectivity index (χ4v) is 2.74. The predicted molar refractivity (Wildman–Crippen MR) is 81.3 cm³/mol. The molecule has 3 aromatic heterocycles.